The van der Waals surface area contributed by atoms with E-state index < -0.39 is 12.6 Å². The maximum Gasteiger partial charge on any atom is 0.329 e. The van der Waals surface area contributed by atoms with E-state index in [0.717, 1.165) is 12.2 Å². The fraction of sp³-hybridized carbons (Fsp3) is 0.692. The Labute approximate surface area is 209 Å². The Kier molecular flexibility index (Phi) is 19.6. The molecule has 2 N–H and O–H groups in total. The zero-order valence-corrected chi connectivity index (χ0v) is 21.1. The van der Waals surface area contributed by atoms with Gasteiger partial charge in [0.05, 0.1) is 39.6 Å². The third kappa shape index (κ3) is 19.8. The quantitative estimate of drug-likeness (QED) is 0.209. The fourth-order valence-electron chi connectivity index (χ4n) is 3.17. The van der Waals surface area contributed by atoms with Crippen molar-refractivity contribution < 1.29 is 38.4 Å². The molecule has 0 bridgehead atoms. The number of aryl methyl sites for hydroxylation is 1. The first kappa shape index (κ1) is 30.8. The molecule has 0 radical (unpaired) electrons. The summed E-state index contributed by atoms with van der Waals surface area (Å²) < 4.78 is 26.6. The molecule has 200 valence electrons. The van der Waals surface area contributed by atoms with E-state index in [2.05, 4.69) is 29.1 Å². The SMILES string of the molecule is CCCCCCCCc1ccc(OCCOCCOCCOCCNC(=O)COCC(=O)O)cc1. The smallest absolute Gasteiger partial charge is 0.329 e. The maximum absolute atomic E-state index is 11.3. The zero-order chi connectivity index (χ0) is 25.4. The highest BCUT2D eigenvalue weighted by molar-refractivity contribution is 5.77. The Morgan fingerprint density at radius 2 is 1.34 bits per heavy atom. The number of unbranched alkanes of at least 4 members (excludes halogenated alkanes) is 5. The van der Waals surface area contributed by atoms with Gasteiger partial charge in [0.2, 0.25) is 5.91 Å². The third-order valence-corrected chi connectivity index (χ3v) is 5.01. The molecule has 0 aliphatic heterocycles. The molecule has 0 atom stereocenters. The molecule has 35 heavy (non-hydrogen) atoms. The monoisotopic (exact) mass is 497 g/mol. The van der Waals surface area contributed by atoms with Crippen LogP contribution in [0, 0.1) is 0 Å². The molecule has 0 spiro atoms. The average Bonchev–Trinajstić information content (AvgIpc) is 2.84. The predicted octanol–water partition coefficient (Wildman–Crippen LogP) is 3.24. The summed E-state index contributed by atoms with van der Waals surface area (Å²) in [5.74, 6) is -0.635. The number of hydrogen-bond acceptors (Lipinski definition) is 7. The standard InChI is InChI=1S/C26H43NO8/c1-2-3-4-5-6-7-8-23-9-11-24(12-10-23)35-20-19-33-18-17-32-16-15-31-14-13-27-25(28)21-34-22-26(29)30/h9-12H,2-8,13-22H2,1H3,(H,27,28)(H,29,30). The van der Waals surface area contributed by atoms with Gasteiger partial charge in [-0.25, -0.2) is 4.79 Å². The number of carboxylic acid groups (broad SMARTS) is 1. The van der Waals surface area contributed by atoms with Crippen molar-refractivity contribution in [2.45, 2.75) is 51.9 Å². The van der Waals surface area contributed by atoms with Crippen LogP contribution in [-0.4, -0.2) is 83.0 Å². The van der Waals surface area contributed by atoms with Gasteiger partial charge < -0.3 is 34.1 Å². The molecule has 9 nitrogen and oxygen atoms in total. The van der Waals surface area contributed by atoms with Gasteiger partial charge in [-0.2, -0.15) is 0 Å². The lowest BCUT2D eigenvalue weighted by Gasteiger charge is -2.09. The summed E-state index contributed by atoms with van der Waals surface area (Å²) in [4.78, 5) is 21.6. The number of benzene rings is 1. The van der Waals surface area contributed by atoms with Gasteiger partial charge in [0.25, 0.3) is 0 Å². The van der Waals surface area contributed by atoms with E-state index in [1.54, 1.807) is 0 Å². The van der Waals surface area contributed by atoms with Gasteiger partial charge >= 0.3 is 5.97 Å². The minimum absolute atomic E-state index is 0.286. The van der Waals surface area contributed by atoms with E-state index in [1.807, 2.05) is 12.1 Å². The first-order valence-electron chi connectivity index (χ1n) is 12.6. The van der Waals surface area contributed by atoms with Crippen molar-refractivity contribution in [2.24, 2.45) is 0 Å². The molecule has 1 amide bonds. The number of amides is 1. The van der Waals surface area contributed by atoms with E-state index in [9.17, 15) is 9.59 Å². The van der Waals surface area contributed by atoms with Gasteiger partial charge in [-0.15, -0.1) is 0 Å². The van der Waals surface area contributed by atoms with E-state index in [-0.39, 0.29) is 12.5 Å². The normalized spacial score (nSPS) is 10.9. The lowest BCUT2D eigenvalue weighted by atomic mass is 10.0. The lowest BCUT2D eigenvalue weighted by molar-refractivity contribution is -0.143. The van der Waals surface area contributed by atoms with Crippen molar-refractivity contribution in [3.63, 3.8) is 0 Å². The van der Waals surface area contributed by atoms with Crippen LogP contribution < -0.4 is 10.1 Å². The second kappa shape index (κ2) is 22.3. The van der Waals surface area contributed by atoms with Gasteiger partial charge in [-0.3, -0.25) is 4.79 Å². The van der Waals surface area contributed by atoms with Crippen LogP contribution in [-0.2, 0) is 35.0 Å². The highest BCUT2D eigenvalue weighted by atomic mass is 16.6. The van der Waals surface area contributed by atoms with E-state index >= 15 is 0 Å². The van der Waals surface area contributed by atoms with Crippen LogP contribution in [0.25, 0.3) is 0 Å². The molecule has 0 saturated carbocycles. The molecule has 9 heteroatoms. The van der Waals surface area contributed by atoms with E-state index in [0.29, 0.717) is 52.8 Å². The van der Waals surface area contributed by atoms with Crippen molar-refractivity contribution in [3.05, 3.63) is 29.8 Å². The molecule has 0 aliphatic carbocycles. The molecule has 1 rings (SSSR count). The van der Waals surface area contributed by atoms with E-state index in [1.165, 1.54) is 44.1 Å². The number of carbonyl (C=O) groups excluding carboxylic acids is 1. The summed E-state index contributed by atoms with van der Waals surface area (Å²) in [5, 5.41) is 11.0. The minimum atomic E-state index is -1.11. The molecular weight excluding hydrogens is 454 g/mol. The van der Waals surface area contributed by atoms with Crippen molar-refractivity contribution in [1.82, 2.24) is 5.32 Å². The van der Waals surface area contributed by atoms with Gasteiger partial charge in [0.1, 0.15) is 25.6 Å². The first-order chi connectivity index (χ1) is 17.1. The van der Waals surface area contributed by atoms with Crippen LogP contribution in [0.5, 0.6) is 5.75 Å². The number of nitrogens with one attached hydrogen (secondary N) is 1. The Balaban J connectivity index is 1.86. The number of rotatable bonds is 24. The molecule has 0 aromatic heterocycles. The largest absolute Gasteiger partial charge is 0.491 e. The molecule has 0 saturated heterocycles. The van der Waals surface area contributed by atoms with Crippen LogP contribution in [0.4, 0.5) is 0 Å². The van der Waals surface area contributed by atoms with Crippen molar-refractivity contribution in [2.75, 3.05) is 66.0 Å². The predicted molar refractivity (Wildman–Crippen MR) is 133 cm³/mol. The van der Waals surface area contributed by atoms with Crippen LogP contribution in [0.2, 0.25) is 0 Å². The van der Waals surface area contributed by atoms with E-state index in [4.69, 9.17) is 24.1 Å². The second-order valence-electron chi connectivity index (χ2n) is 8.08. The molecular formula is C26H43NO8. The minimum Gasteiger partial charge on any atom is -0.491 e. The Bertz CT molecular complexity index is 653. The lowest BCUT2D eigenvalue weighted by Crippen LogP contribution is -2.31. The summed E-state index contributed by atoms with van der Waals surface area (Å²) in [6.45, 7) is 4.89. The van der Waals surface area contributed by atoms with Crippen molar-refractivity contribution in [3.8, 4) is 5.75 Å². The Morgan fingerprint density at radius 3 is 2.00 bits per heavy atom. The molecule has 1 aromatic rings. The third-order valence-electron chi connectivity index (χ3n) is 5.01. The Morgan fingerprint density at radius 1 is 0.743 bits per heavy atom. The van der Waals surface area contributed by atoms with Crippen molar-refractivity contribution in [1.29, 1.82) is 0 Å². The summed E-state index contributed by atoms with van der Waals surface area (Å²) >= 11 is 0. The number of carbonyl (C=O) groups is 2. The average molecular weight is 498 g/mol. The summed E-state index contributed by atoms with van der Waals surface area (Å²) in [7, 11) is 0. The summed E-state index contributed by atoms with van der Waals surface area (Å²) in [6, 6.07) is 8.33. The molecule has 0 unspecified atom stereocenters. The number of aliphatic carboxylic acids is 1. The topological polar surface area (TPSA) is 113 Å². The highest BCUT2D eigenvalue weighted by Gasteiger charge is 2.03. The zero-order valence-electron chi connectivity index (χ0n) is 21.1. The second-order valence-corrected chi connectivity index (χ2v) is 8.08. The Hall–Kier alpha value is -2.20. The highest BCUT2D eigenvalue weighted by Crippen LogP contribution is 2.15. The van der Waals surface area contributed by atoms with Gasteiger partial charge in [-0.1, -0.05) is 51.2 Å². The van der Waals surface area contributed by atoms with Crippen LogP contribution in [0.15, 0.2) is 24.3 Å². The summed E-state index contributed by atoms with van der Waals surface area (Å²) in [6.07, 6.45) is 9.01. The van der Waals surface area contributed by atoms with Crippen LogP contribution >= 0.6 is 0 Å². The maximum atomic E-state index is 11.3. The molecule has 1 aromatic carbocycles. The fourth-order valence-corrected chi connectivity index (χ4v) is 3.17. The van der Waals surface area contributed by atoms with Crippen LogP contribution in [0.1, 0.15) is 51.0 Å². The number of carboxylic acids is 1. The number of ether oxygens (including phenoxy) is 5. The first-order valence-corrected chi connectivity index (χ1v) is 12.6. The molecule has 0 aliphatic rings. The van der Waals surface area contributed by atoms with Gasteiger partial charge in [0.15, 0.2) is 0 Å². The van der Waals surface area contributed by atoms with Crippen molar-refractivity contribution >= 4 is 11.9 Å². The molecule has 0 heterocycles. The van der Waals surface area contributed by atoms with Gasteiger partial charge in [-0.05, 0) is 30.5 Å². The van der Waals surface area contributed by atoms with Crippen LogP contribution in [0.3, 0.4) is 0 Å². The van der Waals surface area contributed by atoms with Gasteiger partial charge in [0, 0.05) is 6.54 Å². The number of hydrogen-bond donors (Lipinski definition) is 2. The summed E-state index contributed by atoms with van der Waals surface area (Å²) in [5.41, 5.74) is 1.36. The molecule has 0 fully saturated rings.